The zero-order valence-electron chi connectivity index (χ0n) is 14.1. The molecule has 2 N–H and O–H groups in total. The molecule has 1 aliphatic rings. The highest BCUT2D eigenvalue weighted by molar-refractivity contribution is 6.39. The van der Waals surface area contributed by atoms with Gasteiger partial charge in [0.1, 0.15) is 5.71 Å². The third-order valence-corrected chi connectivity index (χ3v) is 4.18. The number of carbonyl (C=O) groups is 1. The molecule has 2 aromatic carbocycles. The van der Waals surface area contributed by atoms with Gasteiger partial charge in [0.25, 0.3) is 5.91 Å². The first kappa shape index (κ1) is 18.9. The Morgan fingerprint density at radius 3 is 2.56 bits per heavy atom. The van der Waals surface area contributed by atoms with E-state index in [0.717, 1.165) is 11.6 Å². The molecule has 1 amide bonds. The van der Waals surface area contributed by atoms with Crippen molar-refractivity contribution in [2.75, 3.05) is 6.54 Å². The molecule has 0 aromatic heterocycles. The van der Waals surface area contributed by atoms with Crippen LogP contribution in [0.2, 0.25) is 0 Å². The Morgan fingerprint density at radius 2 is 1.85 bits per heavy atom. The smallest absolute Gasteiger partial charge is 0.387 e. The lowest BCUT2D eigenvalue weighted by atomic mass is 10.0. The van der Waals surface area contributed by atoms with E-state index in [4.69, 9.17) is 4.84 Å². The molecule has 0 spiro atoms. The number of nitrogens with one attached hydrogen (secondary N) is 1. The summed E-state index contributed by atoms with van der Waals surface area (Å²) in [5.74, 6) is -0.586. The summed E-state index contributed by atoms with van der Waals surface area (Å²) in [7, 11) is 0. The molecule has 1 heterocycles. The zero-order chi connectivity index (χ0) is 19.4. The Kier molecular flexibility index (Phi) is 5.46. The molecule has 0 saturated carbocycles. The number of nitrogens with zero attached hydrogens (tertiary/aromatic N) is 1. The average molecular weight is 378 g/mol. The van der Waals surface area contributed by atoms with Crippen LogP contribution in [0.15, 0.2) is 59.8 Å². The Balaban J connectivity index is 1.59. The summed E-state index contributed by atoms with van der Waals surface area (Å²) in [5, 5.41) is 16.3. The van der Waals surface area contributed by atoms with Crippen molar-refractivity contribution in [1.82, 2.24) is 5.32 Å². The largest absolute Gasteiger partial charge is 0.416 e. The van der Waals surface area contributed by atoms with Crippen LogP contribution < -0.4 is 5.32 Å². The summed E-state index contributed by atoms with van der Waals surface area (Å²) in [4.78, 5) is 17.4. The third-order valence-electron chi connectivity index (χ3n) is 4.18. The van der Waals surface area contributed by atoms with E-state index in [1.807, 2.05) is 30.3 Å². The molecule has 0 saturated heterocycles. The maximum atomic E-state index is 13.0. The molecule has 0 unspecified atom stereocenters. The number of halogens is 3. The summed E-state index contributed by atoms with van der Waals surface area (Å²) in [6, 6.07) is 13.9. The Morgan fingerprint density at radius 1 is 1.19 bits per heavy atom. The molecule has 27 heavy (non-hydrogen) atoms. The van der Waals surface area contributed by atoms with Crippen LogP contribution in [0.25, 0.3) is 0 Å². The quantitative estimate of drug-likeness (QED) is 0.838. The second kappa shape index (κ2) is 7.79. The van der Waals surface area contributed by atoms with Crippen molar-refractivity contribution in [2.45, 2.75) is 24.8 Å². The van der Waals surface area contributed by atoms with Crippen molar-refractivity contribution in [3.05, 3.63) is 71.3 Å². The van der Waals surface area contributed by atoms with Gasteiger partial charge < -0.3 is 15.3 Å². The Labute approximate surface area is 153 Å². The monoisotopic (exact) mass is 378 g/mol. The van der Waals surface area contributed by atoms with Crippen molar-refractivity contribution >= 4 is 11.6 Å². The minimum Gasteiger partial charge on any atom is -0.387 e. The molecular formula is C19H17F3N2O3. The van der Waals surface area contributed by atoms with Gasteiger partial charge in [-0.1, -0.05) is 53.7 Å². The summed E-state index contributed by atoms with van der Waals surface area (Å²) in [6.45, 7) is -0.374. The molecule has 0 bridgehead atoms. The maximum Gasteiger partial charge on any atom is 0.416 e. The number of aliphatic hydroxyl groups excluding tert-OH is 1. The van der Waals surface area contributed by atoms with Crippen LogP contribution in [0, 0.1) is 0 Å². The minimum atomic E-state index is -4.59. The number of carbonyl (C=O) groups excluding carboxylic acids is 1. The minimum absolute atomic E-state index is 0.125. The molecule has 142 valence electrons. The SMILES string of the molecule is O=C(NC[C@H](O)c1ccccc1C(F)(F)F)C1=NO[C@@H](c2ccccc2)C1. The summed E-state index contributed by atoms with van der Waals surface area (Å²) in [5.41, 5.74) is -0.238. The highest BCUT2D eigenvalue weighted by Gasteiger charge is 2.35. The first-order valence-corrected chi connectivity index (χ1v) is 8.26. The summed E-state index contributed by atoms with van der Waals surface area (Å²) < 4.78 is 39.1. The first-order valence-electron chi connectivity index (χ1n) is 8.26. The highest BCUT2D eigenvalue weighted by Crippen LogP contribution is 2.34. The van der Waals surface area contributed by atoms with Crippen LogP contribution in [0.5, 0.6) is 0 Å². The van der Waals surface area contributed by atoms with E-state index in [0.29, 0.717) is 0 Å². The maximum absolute atomic E-state index is 13.0. The van der Waals surface area contributed by atoms with Gasteiger partial charge in [0.2, 0.25) is 0 Å². The fraction of sp³-hybridized carbons (Fsp3) is 0.263. The van der Waals surface area contributed by atoms with E-state index >= 15 is 0 Å². The van der Waals surface area contributed by atoms with Crippen LogP contribution in [0.1, 0.15) is 35.3 Å². The lowest BCUT2D eigenvalue weighted by Gasteiger charge is -2.17. The Bertz CT molecular complexity index is 838. The first-order chi connectivity index (χ1) is 12.9. The van der Waals surface area contributed by atoms with E-state index in [1.54, 1.807) is 0 Å². The van der Waals surface area contributed by atoms with Crippen molar-refractivity contribution < 1.29 is 27.9 Å². The molecule has 5 nitrogen and oxygen atoms in total. The number of hydrogen-bond acceptors (Lipinski definition) is 4. The number of amides is 1. The predicted molar refractivity (Wildman–Crippen MR) is 91.7 cm³/mol. The van der Waals surface area contributed by atoms with Gasteiger partial charge in [0.05, 0.1) is 11.7 Å². The Hall–Kier alpha value is -2.87. The fourth-order valence-electron chi connectivity index (χ4n) is 2.81. The van der Waals surface area contributed by atoms with Crippen LogP contribution in [-0.4, -0.2) is 23.3 Å². The second-order valence-electron chi connectivity index (χ2n) is 6.06. The van der Waals surface area contributed by atoms with Crippen molar-refractivity contribution in [1.29, 1.82) is 0 Å². The number of aliphatic hydroxyl groups is 1. The van der Waals surface area contributed by atoms with Gasteiger partial charge in [0.15, 0.2) is 6.10 Å². The van der Waals surface area contributed by atoms with Gasteiger partial charge in [-0.15, -0.1) is 0 Å². The van der Waals surface area contributed by atoms with Gasteiger partial charge in [-0.25, -0.2) is 0 Å². The predicted octanol–water partition coefficient (Wildman–Crippen LogP) is 3.37. The van der Waals surface area contributed by atoms with E-state index < -0.39 is 23.8 Å². The highest BCUT2D eigenvalue weighted by atomic mass is 19.4. The van der Waals surface area contributed by atoms with Crippen molar-refractivity contribution in [2.24, 2.45) is 5.16 Å². The van der Waals surface area contributed by atoms with Crippen LogP contribution in [0.4, 0.5) is 13.2 Å². The van der Waals surface area contributed by atoms with E-state index in [-0.39, 0.29) is 30.3 Å². The zero-order valence-corrected chi connectivity index (χ0v) is 14.1. The molecule has 0 aliphatic carbocycles. The number of alkyl halides is 3. The van der Waals surface area contributed by atoms with Crippen LogP contribution >= 0.6 is 0 Å². The van der Waals surface area contributed by atoms with Crippen LogP contribution in [0.3, 0.4) is 0 Å². The summed E-state index contributed by atoms with van der Waals surface area (Å²) in [6.07, 6.45) is -6.23. The van der Waals surface area contributed by atoms with Crippen molar-refractivity contribution in [3.8, 4) is 0 Å². The molecule has 0 fully saturated rings. The number of benzene rings is 2. The number of rotatable bonds is 5. The molecule has 0 radical (unpaired) electrons. The van der Waals surface area contributed by atoms with E-state index in [1.165, 1.54) is 18.2 Å². The average Bonchev–Trinajstić information content (AvgIpc) is 3.16. The molecule has 3 rings (SSSR count). The van der Waals surface area contributed by atoms with Gasteiger partial charge in [-0.2, -0.15) is 13.2 Å². The van der Waals surface area contributed by atoms with Gasteiger partial charge in [0, 0.05) is 13.0 Å². The normalized spacial score (nSPS) is 17.8. The standard InChI is InChI=1S/C19H17F3N2O3/c20-19(21,22)14-9-5-4-8-13(14)16(25)11-23-18(26)15-10-17(27-24-15)12-6-2-1-3-7-12/h1-9,16-17,25H,10-11H2,(H,23,26)/t16-,17+/m0/s1. The van der Waals surface area contributed by atoms with Gasteiger partial charge >= 0.3 is 6.18 Å². The third kappa shape index (κ3) is 4.46. The van der Waals surface area contributed by atoms with E-state index in [9.17, 15) is 23.1 Å². The van der Waals surface area contributed by atoms with Gasteiger partial charge in [-0.3, -0.25) is 4.79 Å². The fourth-order valence-corrected chi connectivity index (χ4v) is 2.81. The lowest BCUT2D eigenvalue weighted by Crippen LogP contribution is -2.34. The molecule has 8 heteroatoms. The summed E-state index contributed by atoms with van der Waals surface area (Å²) >= 11 is 0. The van der Waals surface area contributed by atoms with Crippen LogP contribution in [-0.2, 0) is 15.8 Å². The second-order valence-corrected chi connectivity index (χ2v) is 6.06. The topological polar surface area (TPSA) is 70.9 Å². The number of oxime groups is 1. The van der Waals surface area contributed by atoms with Crippen molar-refractivity contribution in [3.63, 3.8) is 0 Å². The lowest BCUT2D eigenvalue weighted by molar-refractivity contribution is -0.139. The van der Waals surface area contributed by atoms with Gasteiger partial charge in [-0.05, 0) is 17.2 Å². The van der Waals surface area contributed by atoms with E-state index in [2.05, 4.69) is 10.5 Å². The molecule has 2 aromatic rings. The molecular weight excluding hydrogens is 361 g/mol. The molecule has 1 aliphatic heterocycles. The molecule has 2 atom stereocenters. The number of hydrogen-bond donors (Lipinski definition) is 2.